The number of hydrogen-bond donors (Lipinski definition) is 2. The Kier molecular flexibility index (Phi) is 9.04. The highest BCUT2D eigenvalue weighted by Gasteiger charge is 2.26. The molecule has 142 valence electrons. The number of benzene rings is 1. The first-order valence-electron chi connectivity index (χ1n) is 9.01. The summed E-state index contributed by atoms with van der Waals surface area (Å²) in [7, 11) is 2.16. The van der Waals surface area contributed by atoms with E-state index in [0.717, 1.165) is 30.8 Å². The first-order chi connectivity index (χ1) is 11.1. The van der Waals surface area contributed by atoms with Crippen LogP contribution in [0.25, 0.3) is 0 Å². The molecule has 0 spiro atoms. The van der Waals surface area contributed by atoms with E-state index in [0.29, 0.717) is 12.1 Å². The predicted molar refractivity (Wildman–Crippen MR) is 110 cm³/mol. The summed E-state index contributed by atoms with van der Waals surface area (Å²) in [5.74, 6) is 0.293. The molecule has 0 unspecified atom stereocenters. The van der Waals surface area contributed by atoms with Gasteiger partial charge in [-0.25, -0.2) is 0 Å². The number of nitrogens with one attached hydrogen (secondary N) is 2. The lowest BCUT2D eigenvalue weighted by Crippen LogP contribution is -2.40. The molecule has 0 bridgehead atoms. The maximum Gasteiger partial charge on any atom is 0.227 e. The number of amides is 1. The van der Waals surface area contributed by atoms with Gasteiger partial charge in [0.15, 0.2) is 0 Å². The van der Waals surface area contributed by atoms with Gasteiger partial charge in [0.2, 0.25) is 5.91 Å². The number of nitrogens with zero attached hydrogens (tertiary/aromatic N) is 1. The minimum Gasteiger partial charge on any atom is -0.370 e. The lowest BCUT2D eigenvalue weighted by atomic mass is 9.92. The van der Waals surface area contributed by atoms with E-state index < -0.39 is 0 Å². The van der Waals surface area contributed by atoms with E-state index in [1.54, 1.807) is 0 Å². The smallest absolute Gasteiger partial charge is 0.227 e. The fraction of sp³-hybridized carbons (Fsp3) is 0.632. The zero-order chi connectivity index (χ0) is 16.2. The highest BCUT2D eigenvalue weighted by Crippen LogP contribution is 2.32. The summed E-state index contributed by atoms with van der Waals surface area (Å²) in [6.07, 6.45) is 6.99. The molecule has 0 radical (unpaired) electrons. The number of piperidine rings is 1. The van der Waals surface area contributed by atoms with Crippen LogP contribution < -0.4 is 15.5 Å². The third-order valence-corrected chi connectivity index (χ3v) is 5.41. The first kappa shape index (κ1) is 22.1. The van der Waals surface area contributed by atoms with E-state index in [-0.39, 0.29) is 36.6 Å². The second-order valence-electron chi connectivity index (χ2n) is 7.13. The van der Waals surface area contributed by atoms with Gasteiger partial charge in [0.1, 0.15) is 0 Å². The average molecular weight is 388 g/mol. The first-order valence-corrected chi connectivity index (χ1v) is 9.01. The van der Waals surface area contributed by atoms with E-state index >= 15 is 0 Å². The van der Waals surface area contributed by atoms with E-state index in [1.165, 1.54) is 25.7 Å². The van der Waals surface area contributed by atoms with Crippen LogP contribution in [-0.4, -0.2) is 31.6 Å². The summed E-state index contributed by atoms with van der Waals surface area (Å²) >= 11 is 0. The monoisotopic (exact) mass is 387 g/mol. The molecule has 4 nitrogen and oxygen atoms in total. The molecular formula is C19H31Cl2N3O. The van der Waals surface area contributed by atoms with Crippen molar-refractivity contribution in [3.05, 3.63) is 24.3 Å². The Balaban J connectivity index is 0.00000156. The van der Waals surface area contributed by atoms with Gasteiger partial charge in [0.05, 0.1) is 11.4 Å². The Morgan fingerprint density at radius 2 is 1.84 bits per heavy atom. The van der Waals surface area contributed by atoms with Crippen LogP contribution in [0, 0.1) is 5.92 Å². The molecule has 1 aromatic rings. The number of carbonyl (C=O) groups excluding carboxylic acids is 1. The summed E-state index contributed by atoms with van der Waals surface area (Å²) in [4.78, 5) is 15.0. The molecule has 1 aromatic carbocycles. The molecule has 2 N–H and O–H groups in total. The van der Waals surface area contributed by atoms with Crippen LogP contribution in [0.15, 0.2) is 24.3 Å². The molecule has 25 heavy (non-hydrogen) atoms. The third kappa shape index (κ3) is 5.50. The van der Waals surface area contributed by atoms with Crippen LogP contribution in [0.4, 0.5) is 11.4 Å². The molecular weight excluding hydrogens is 357 g/mol. The Morgan fingerprint density at radius 3 is 2.52 bits per heavy atom. The summed E-state index contributed by atoms with van der Waals surface area (Å²) in [5, 5.41) is 6.61. The van der Waals surface area contributed by atoms with Crippen molar-refractivity contribution in [3.63, 3.8) is 0 Å². The van der Waals surface area contributed by atoms with Gasteiger partial charge in [0, 0.05) is 25.0 Å². The standard InChI is InChI=1S/C19H29N3O.2ClH/c1-14-13-15(11-12-20-14)19(23)21-17-9-5-6-10-18(17)22(2)16-7-3-4-8-16;;/h5-6,9-10,14-16,20H,3-4,7-8,11-13H2,1-2H3,(H,21,23);2*1H/t14-,15-;;/m0../s1. The maximum atomic E-state index is 12.7. The van der Waals surface area contributed by atoms with Crippen molar-refractivity contribution in [2.24, 2.45) is 5.92 Å². The zero-order valence-corrected chi connectivity index (χ0v) is 16.8. The zero-order valence-electron chi connectivity index (χ0n) is 15.2. The van der Waals surface area contributed by atoms with Gasteiger partial charge in [-0.3, -0.25) is 4.79 Å². The van der Waals surface area contributed by atoms with Crippen molar-refractivity contribution in [1.29, 1.82) is 0 Å². The van der Waals surface area contributed by atoms with Crippen LogP contribution in [0.2, 0.25) is 0 Å². The Labute approximate surface area is 163 Å². The molecule has 1 saturated heterocycles. The van der Waals surface area contributed by atoms with Gasteiger partial charge in [-0.1, -0.05) is 25.0 Å². The molecule has 1 saturated carbocycles. The van der Waals surface area contributed by atoms with Crippen LogP contribution >= 0.6 is 24.8 Å². The van der Waals surface area contributed by atoms with Gasteiger partial charge in [0.25, 0.3) is 0 Å². The third-order valence-electron chi connectivity index (χ3n) is 5.41. The van der Waals surface area contributed by atoms with Crippen molar-refractivity contribution >= 4 is 42.1 Å². The number of rotatable bonds is 4. The fourth-order valence-electron chi connectivity index (χ4n) is 3.98. The summed E-state index contributed by atoms with van der Waals surface area (Å²) in [6, 6.07) is 9.25. The van der Waals surface area contributed by atoms with Crippen molar-refractivity contribution in [2.75, 3.05) is 23.8 Å². The Bertz CT molecular complexity index is 549. The molecule has 2 atom stereocenters. The molecule has 1 aliphatic heterocycles. The number of halogens is 2. The van der Waals surface area contributed by atoms with Gasteiger partial charge in [-0.2, -0.15) is 0 Å². The molecule has 1 amide bonds. The summed E-state index contributed by atoms with van der Waals surface area (Å²) in [5.41, 5.74) is 2.10. The molecule has 2 aliphatic rings. The normalized spacial score (nSPS) is 23.3. The van der Waals surface area contributed by atoms with Crippen LogP contribution in [0.5, 0.6) is 0 Å². The number of anilines is 2. The van der Waals surface area contributed by atoms with E-state index in [4.69, 9.17) is 0 Å². The van der Waals surface area contributed by atoms with Crippen LogP contribution in [0.3, 0.4) is 0 Å². The van der Waals surface area contributed by atoms with Crippen molar-refractivity contribution in [3.8, 4) is 0 Å². The summed E-state index contributed by atoms with van der Waals surface area (Å²) < 4.78 is 0. The lowest BCUT2D eigenvalue weighted by molar-refractivity contribution is -0.120. The van der Waals surface area contributed by atoms with E-state index in [1.807, 2.05) is 12.1 Å². The molecule has 2 fully saturated rings. The SMILES string of the molecule is C[C@H]1C[C@@H](C(=O)Nc2ccccc2N(C)C2CCCC2)CCN1.Cl.Cl. The van der Waals surface area contributed by atoms with Crippen molar-refractivity contribution in [1.82, 2.24) is 5.32 Å². The van der Waals surface area contributed by atoms with Crippen molar-refractivity contribution in [2.45, 2.75) is 57.5 Å². The minimum atomic E-state index is 0. The highest BCUT2D eigenvalue weighted by molar-refractivity contribution is 5.96. The second kappa shape index (κ2) is 10.2. The topological polar surface area (TPSA) is 44.4 Å². The maximum absolute atomic E-state index is 12.7. The summed E-state index contributed by atoms with van der Waals surface area (Å²) in [6.45, 7) is 3.09. The molecule has 1 aliphatic carbocycles. The highest BCUT2D eigenvalue weighted by atomic mass is 35.5. The van der Waals surface area contributed by atoms with Crippen molar-refractivity contribution < 1.29 is 4.79 Å². The second-order valence-corrected chi connectivity index (χ2v) is 7.13. The van der Waals surface area contributed by atoms with Gasteiger partial charge < -0.3 is 15.5 Å². The lowest BCUT2D eigenvalue weighted by Gasteiger charge is -2.30. The predicted octanol–water partition coefficient (Wildman–Crippen LogP) is 4.24. The number of para-hydroxylation sites is 2. The fourth-order valence-corrected chi connectivity index (χ4v) is 3.98. The molecule has 6 heteroatoms. The molecule has 0 aromatic heterocycles. The van der Waals surface area contributed by atoms with Crippen LogP contribution in [-0.2, 0) is 4.79 Å². The quantitative estimate of drug-likeness (QED) is 0.811. The van der Waals surface area contributed by atoms with Gasteiger partial charge >= 0.3 is 0 Å². The minimum absolute atomic E-state index is 0. The Hall–Kier alpha value is -0.970. The molecule has 1 heterocycles. The number of carbonyl (C=O) groups is 1. The van der Waals surface area contributed by atoms with Crippen LogP contribution in [0.1, 0.15) is 45.4 Å². The van der Waals surface area contributed by atoms with E-state index in [9.17, 15) is 4.79 Å². The van der Waals surface area contributed by atoms with Gasteiger partial charge in [-0.05, 0) is 51.3 Å². The Morgan fingerprint density at radius 1 is 1.16 bits per heavy atom. The van der Waals surface area contributed by atoms with E-state index in [2.05, 4.69) is 41.6 Å². The average Bonchev–Trinajstić information content (AvgIpc) is 3.09. The molecule has 3 rings (SSSR count). The van der Waals surface area contributed by atoms with Gasteiger partial charge in [-0.15, -0.1) is 24.8 Å². The number of hydrogen-bond acceptors (Lipinski definition) is 3. The largest absolute Gasteiger partial charge is 0.370 e.